The number of carbonyl (C=O) groups is 1. The van der Waals surface area contributed by atoms with E-state index < -0.39 is 11.6 Å². The largest absolute Gasteiger partial charge is 0.353 e. The zero-order valence-electron chi connectivity index (χ0n) is 11.9. The van der Waals surface area contributed by atoms with Crippen LogP contribution in [-0.4, -0.2) is 24.0 Å². The Morgan fingerprint density at radius 2 is 1.95 bits per heavy atom. The molecule has 2 N–H and O–H groups in total. The SMILES string of the molecule is O=C(CCc1cccc(F)c1F)NC1CC2CCC(C1)N2. The number of hydrogen-bond donors (Lipinski definition) is 2. The van der Waals surface area contributed by atoms with Gasteiger partial charge in [0.25, 0.3) is 0 Å². The van der Waals surface area contributed by atoms with Gasteiger partial charge >= 0.3 is 0 Å². The van der Waals surface area contributed by atoms with Crippen LogP contribution in [0.1, 0.15) is 37.7 Å². The van der Waals surface area contributed by atoms with Gasteiger partial charge in [-0.05, 0) is 43.7 Å². The lowest BCUT2D eigenvalue weighted by molar-refractivity contribution is -0.122. The minimum atomic E-state index is -0.858. The van der Waals surface area contributed by atoms with Crippen LogP contribution in [0.3, 0.4) is 0 Å². The van der Waals surface area contributed by atoms with Crippen LogP contribution in [0.2, 0.25) is 0 Å². The normalized spacial score (nSPS) is 27.6. The maximum atomic E-state index is 13.5. The minimum Gasteiger partial charge on any atom is -0.353 e. The van der Waals surface area contributed by atoms with E-state index in [1.807, 2.05) is 0 Å². The van der Waals surface area contributed by atoms with Crippen LogP contribution >= 0.6 is 0 Å². The van der Waals surface area contributed by atoms with Crippen LogP contribution in [0.25, 0.3) is 0 Å². The highest BCUT2D eigenvalue weighted by molar-refractivity contribution is 5.76. The first-order valence-corrected chi connectivity index (χ1v) is 7.60. The molecule has 114 valence electrons. The maximum Gasteiger partial charge on any atom is 0.220 e. The molecule has 21 heavy (non-hydrogen) atoms. The molecule has 1 aromatic rings. The Morgan fingerprint density at radius 1 is 1.24 bits per heavy atom. The van der Waals surface area contributed by atoms with Crippen molar-refractivity contribution in [3.8, 4) is 0 Å². The summed E-state index contributed by atoms with van der Waals surface area (Å²) < 4.78 is 26.6. The van der Waals surface area contributed by atoms with Gasteiger partial charge in [-0.25, -0.2) is 8.78 Å². The van der Waals surface area contributed by atoms with Gasteiger partial charge in [-0.2, -0.15) is 0 Å². The second-order valence-electron chi connectivity index (χ2n) is 6.09. The summed E-state index contributed by atoms with van der Waals surface area (Å²) in [5.74, 6) is -1.78. The second kappa shape index (κ2) is 6.10. The summed E-state index contributed by atoms with van der Waals surface area (Å²) in [5.41, 5.74) is 0.260. The molecule has 0 aliphatic carbocycles. The average molecular weight is 294 g/mol. The van der Waals surface area contributed by atoms with Gasteiger partial charge in [0.15, 0.2) is 11.6 Å². The first-order valence-electron chi connectivity index (χ1n) is 7.60. The number of benzene rings is 1. The molecule has 1 aromatic carbocycles. The molecular formula is C16H20F2N2O. The molecule has 3 nitrogen and oxygen atoms in total. The van der Waals surface area contributed by atoms with Crippen molar-refractivity contribution in [2.75, 3.05) is 0 Å². The van der Waals surface area contributed by atoms with E-state index in [2.05, 4.69) is 10.6 Å². The first-order chi connectivity index (χ1) is 10.1. The summed E-state index contributed by atoms with van der Waals surface area (Å²) in [5, 5.41) is 6.55. The van der Waals surface area contributed by atoms with E-state index in [0.717, 1.165) is 18.9 Å². The topological polar surface area (TPSA) is 41.1 Å². The molecule has 0 radical (unpaired) electrons. The van der Waals surface area contributed by atoms with Gasteiger partial charge in [-0.1, -0.05) is 12.1 Å². The van der Waals surface area contributed by atoms with Gasteiger partial charge < -0.3 is 10.6 Å². The summed E-state index contributed by atoms with van der Waals surface area (Å²) in [7, 11) is 0. The lowest BCUT2D eigenvalue weighted by Crippen LogP contribution is -2.48. The molecule has 3 rings (SSSR count). The van der Waals surface area contributed by atoms with Crippen molar-refractivity contribution in [1.29, 1.82) is 0 Å². The molecule has 2 aliphatic heterocycles. The second-order valence-corrected chi connectivity index (χ2v) is 6.09. The Bertz CT molecular complexity index is 523. The predicted octanol–water partition coefficient (Wildman–Crippen LogP) is 2.30. The summed E-state index contributed by atoms with van der Waals surface area (Å²) in [6, 6.07) is 5.34. The van der Waals surface area contributed by atoms with E-state index in [9.17, 15) is 13.6 Å². The third kappa shape index (κ3) is 3.40. The number of rotatable bonds is 4. The van der Waals surface area contributed by atoms with Crippen LogP contribution in [-0.2, 0) is 11.2 Å². The highest BCUT2D eigenvalue weighted by Crippen LogP contribution is 2.26. The van der Waals surface area contributed by atoms with Gasteiger partial charge in [0.2, 0.25) is 5.91 Å². The molecule has 5 heteroatoms. The fourth-order valence-electron chi connectivity index (χ4n) is 3.46. The molecular weight excluding hydrogens is 274 g/mol. The van der Waals surface area contributed by atoms with Gasteiger partial charge in [0.1, 0.15) is 0 Å². The standard InChI is InChI=1S/C16H20F2N2O/c17-14-3-1-2-10(16(14)18)4-7-15(21)20-13-8-11-5-6-12(9-13)19-11/h1-3,11-13,19H,4-9H2,(H,20,21). The number of carbonyl (C=O) groups excluding carboxylic acids is 1. The molecule has 2 aliphatic rings. The van der Waals surface area contributed by atoms with Gasteiger partial charge in [-0.3, -0.25) is 4.79 Å². The van der Waals surface area contributed by atoms with Crippen molar-refractivity contribution in [3.05, 3.63) is 35.4 Å². The molecule has 0 saturated carbocycles. The Labute approximate surface area is 123 Å². The third-order valence-corrected chi connectivity index (χ3v) is 4.49. The van der Waals surface area contributed by atoms with E-state index in [1.54, 1.807) is 0 Å². The third-order valence-electron chi connectivity index (χ3n) is 4.49. The van der Waals surface area contributed by atoms with Gasteiger partial charge in [0.05, 0.1) is 0 Å². The predicted molar refractivity (Wildman–Crippen MR) is 75.8 cm³/mol. The van der Waals surface area contributed by atoms with E-state index >= 15 is 0 Å². The van der Waals surface area contributed by atoms with E-state index in [0.29, 0.717) is 12.1 Å². The highest BCUT2D eigenvalue weighted by atomic mass is 19.2. The molecule has 0 spiro atoms. The molecule has 2 saturated heterocycles. The zero-order valence-corrected chi connectivity index (χ0v) is 11.9. The van der Waals surface area contributed by atoms with Crippen molar-refractivity contribution in [2.45, 2.75) is 56.7 Å². The molecule has 1 amide bonds. The number of nitrogens with one attached hydrogen (secondary N) is 2. The Morgan fingerprint density at radius 3 is 2.67 bits per heavy atom. The maximum absolute atomic E-state index is 13.5. The zero-order chi connectivity index (χ0) is 14.8. The molecule has 2 atom stereocenters. The van der Waals surface area contributed by atoms with Gasteiger partial charge in [-0.15, -0.1) is 0 Å². The fraction of sp³-hybridized carbons (Fsp3) is 0.562. The summed E-state index contributed by atoms with van der Waals surface area (Å²) in [6.07, 6.45) is 4.73. The summed E-state index contributed by atoms with van der Waals surface area (Å²) >= 11 is 0. The number of hydrogen-bond acceptors (Lipinski definition) is 2. The molecule has 2 bridgehead atoms. The van der Waals surface area contributed by atoms with Crippen LogP contribution in [0.4, 0.5) is 8.78 Å². The Hall–Kier alpha value is -1.49. The number of piperidine rings is 1. The fourth-order valence-corrected chi connectivity index (χ4v) is 3.46. The quantitative estimate of drug-likeness (QED) is 0.894. The van der Waals surface area contributed by atoms with Crippen molar-refractivity contribution in [3.63, 3.8) is 0 Å². The number of halogens is 2. The van der Waals surface area contributed by atoms with Gasteiger partial charge in [0, 0.05) is 24.5 Å². The summed E-state index contributed by atoms with van der Waals surface area (Å²) in [6.45, 7) is 0. The van der Waals surface area contributed by atoms with Crippen molar-refractivity contribution >= 4 is 5.91 Å². The number of amides is 1. The average Bonchev–Trinajstić information content (AvgIpc) is 2.79. The van der Waals surface area contributed by atoms with E-state index in [1.165, 1.54) is 25.0 Å². The molecule has 0 aromatic heterocycles. The molecule has 2 heterocycles. The number of fused-ring (bicyclic) bond motifs is 2. The number of aryl methyl sites for hydroxylation is 1. The molecule has 2 fully saturated rings. The minimum absolute atomic E-state index is 0.0787. The van der Waals surface area contributed by atoms with Crippen LogP contribution < -0.4 is 10.6 Å². The van der Waals surface area contributed by atoms with E-state index in [4.69, 9.17) is 0 Å². The van der Waals surface area contributed by atoms with Crippen LogP contribution in [0.15, 0.2) is 18.2 Å². The van der Waals surface area contributed by atoms with Crippen LogP contribution in [0, 0.1) is 11.6 Å². The Balaban J connectivity index is 1.49. The van der Waals surface area contributed by atoms with E-state index in [-0.39, 0.29) is 30.4 Å². The first kappa shape index (κ1) is 14.4. The molecule has 2 unspecified atom stereocenters. The van der Waals surface area contributed by atoms with Crippen molar-refractivity contribution < 1.29 is 13.6 Å². The van der Waals surface area contributed by atoms with Crippen molar-refractivity contribution in [2.24, 2.45) is 0 Å². The Kier molecular flexibility index (Phi) is 4.19. The monoisotopic (exact) mass is 294 g/mol. The smallest absolute Gasteiger partial charge is 0.220 e. The lowest BCUT2D eigenvalue weighted by atomic mass is 9.99. The summed E-state index contributed by atoms with van der Waals surface area (Å²) in [4.78, 5) is 12.0. The van der Waals surface area contributed by atoms with Crippen LogP contribution in [0.5, 0.6) is 0 Å². The lowest BCUT2D eigenvalue weighted by Gasteiger charge is -2.29. The highest BCUT2D eigenvalue weighted by Gasteiger charge is 2.33. The van der Waals surface area contributed by atoms with Crippen molar-refractivity contribution in [1.82, 2.24) is 10.6 Å².